The molecule has 10 aromatic carbocycles. The van der Waals surface area contributed by atoms with Gasteiger partial charge in [0.25, 0.3) is 11.8 Å². The third kappa shape index (κ3) is 34.7. The average Bonchev–Trinajstić information content (AvgIpc) is 0.859. The van der Waals surface area contributed by atoms with Gasteiger partial charge in [-0.05, 0) is 188 Å². The van der Waals surface area contributed by atoms with E-state index in [1.54, 1.807) is 140 Å². The van der Waals surface area contributed by atoms with E-state index < -0.39 is 87.9 Å². The molecule has 0 saturated carbocycles. The molecule has 0 bridgehead atoms. The van der Waals surface area contributed by atoms with Crippen molar-refractivity contribution in [2.24, 2.45) is 57.3 Å². The summed E-state index contributed by atoms with van der Waals surface area (Å²) in [4.78, 5) is 105. The highest BCUT2D eigenvalue weighted by Gasteiger charge is 2.13. The molecule has 0 spiro atoms. The zero-order valence-electron chi connectivity index (χ0n) is 53.6. The van der Waals surface area contributed by atoms with Crippen molar-refractivity contribution in [1.29, 1.82) is 0 Å². The number of rotatable bonds is 10. The summed E-state index contributed by atoms with van der Waals surface area (Å²) in [5, 5.41) is 1.52. The Balaban J connectivity index is 0.000000567. The molecule has 102 heavy (non-hydrogen) atoms. The van der Waals surface area contributed by atoms with E-state index in [-0.39, 0.29) is 16.9 Å². The van der Waals surface area contributed by atoms with Crippen molar-refractivity contribution in [1.82, 2.24) is 0 Å². The fraction of sp³-hybridized carbons (Fsp3) is 0.0141. The summed E-state index contributed by atoms with van der Waals surface area (Å²) in [5.41, 5.74) is 70.7. The Hall–Kier alpha value is -13.2. The lowest BCUT2D eigenvalue weighted by molar-refractivity contribution is 0.0984. The monoisotopic (exact) mass is 1460 g/mol. The summed E-state index contributed by atoms with van der Waals surface area (Å²) in [7, 11) is 0. The SMILES string of the molecule is Cc1ccc(C(N)=O)cc1N.NC(=O)c1c(F)cccc1F.NC(=O)c1ccc(Cl)cc1.NC(=O)c1ccc(F)cc1.NC(=O)c1ccc(N)cc1.NC(=O)c1cccc(Cl)c1.NC(=O)c1cccc(F)c1.NC(=O)c1cccc(N)c1.NC(=O)c1ccccc1Cl.NC(=O)c1ccccc1F. The summed E-state index contributed by atoms with van der Waals surface area (Å²) >= 11 is 16.8. The molecule has 0 aromatic heterocycles. The van der Waals surface area contributed by atoms with E-state index in [4.69, 9.17) is 109 Å². The van der Waals surface area contributed by atoms with Crippen LogP contribution in [0.1, 0.15) is 109 Å². The van der Waals surface area contributed by atoms with Crippen molar-refractivity contribution in [3.63, 3.8) is 0 Å². The van der Waals surface area contributed by atoms with E-state index in [0.29, 0.717) is 71.1 Å². The normalized spacial score (nSPS) is 9.34. The number of anilines is 3. The molecular weight excluding hydrogens is 1400 g/mol. The molecule has 0 saturated heterocycles. The maximum Gasteiger partial charge on any atom is 0.254 e. The molecular formula is C71H67Cl3F5N13O10. The van der Waals surface area contributed by atoms with Gasteiger partial charge in [0.2, 0.25) is 47.3 Å². The highest BCUT2D eigenvalue weighted by molar-refractivity contribution is 6.33. The van der Waals surface area contributed by atoms with Crippen LogP contribution in [-0.4, -0.2) is 59.1 Å². The van der Waals surface area contributed by atoms with E-state index in [0.717, 1.165) is 29.8 Å². The number of nitrogen functional groups attached to an aromatic ring is 3. The molecule has 0 aliphatic heterocycles. The zero-order chi connectivity index (χ0) is 77.3. The van der Waals surface area contributed by atoms with Gasteiger partial charge in [-0.1, -0.05) is 89.4 Å². The van der Waals surface area contributed by atoms with Gasteiger partial charge < -0.3 is 74.5 Å². The quantitative estimate of drug-likeness (QED) is 0.0448. The second-order valence-electron chi connectivity index (χ2n) is 19.6. The Morgan fingerprint density at radius 1 is 0.275 bits per heavy atom. The predicted molar refractivity (Wildman–Crippen MR) is 382 cm³/mol. The molecule has 31 heteroatoms. The number of aryl methyl sites for hydroxylation is 1. The summed E-state index contributed by atoms with van der Waals surface area (Å²) in [6, 6.07) is 56.7. The van der Waals surface area contributed by atoms with Crippen LogP contribution in [0, 0.1) is 36.0 Å². The highest BCUT2D eigenvalue weighted by Crippen LogP contribution is 2.16. The molecule has 0 heterocycles. The van der Waals surface area contributed by atoms with Crippen molar-refractivity contribution < 1.29 is 69.9 Å². The summed E-state index contributed by atoms with van der Waals surface area (Å²) < 4.78 is 62.2. The van der Waals surface area contributed by atoms with Gasteiger partial charge in [0.05, 0.1) is 16.1 Å². The van der Waals surface area contributed by atoms with Gasteiger partial charge in [-0.15, -0.1) is 0 Å². The van der Waals surface area contributed by atoms with E-state index >= 15 is 0 Å². The smallest absolute Gasteiger partial charge is 0.254 e. The number of nitrogens with two attached hydrogens (primary N) is 13. The molecule has 0 unspecified atom stereocenters. The van der Waals surface area contributed by atoms with Crippen LogP contribution in [0.5, 0.6) is 0 Å². The molecule has 0 aliphatic rings. The first-order chi connectivity index (χ1) is 47.9. The Labute approximate surface area is 595 Å². The second kappa shape index (κ2) is 45.3. The highest BCUT2D eigenvalue weighted by atomic mass is 35.5. The Kier molecular flexibility index (Phi) is 38.6. The summed E-state index contributed by atoms with van der Waals surface area (Å²) in [5.74, 6) is -8.96. The Morgan fingerprint density at radius 2 is 0.637 bits per heavy atom. The predicted octanol–water partition coefficient (Wildman–Crippen LogP) is 9.57. The standard InChI is InChI=1S/C8H10N2O.3C7H6ClNO.C7H5F2NO.3C7H6FNO.2C7H8N2O/c1-5-2-3-6(8(10)11)4-7(5)9;8-6-3-1-5(2-4-6)7(9)10;8-6-3-1-2-5(4-6)7(9)10;8-6-4-2-1-3-5(6)7(9)10;8-4-2-1-3-5(9)6(4)7(10)11;8-6-3-1-5(2-4-6)7(9)10;8-6-3-1-2-5(4-6)7(9)10;8-6-4-2-1-3-5(6)7(9)10;8-6-3-1-5(2-4-6)7(9)10;8-6-3-1-2-5(4-6)7(9)10/h2-4H,9H2,1H3,(H2,10,11);3*1-4H,(H2,9,10);1-3H,(H2,10,11);3*1-4H,(H2,9,10);2*1-4H,8H2,(H2,9,10). The number of carbonyl (C=O) groups is 10. The van der Waals surface area contributed by atoms with Crippen LogP contribution >= 0.6 is 34.8 Å². The van der Waals surface area contributed by atoms with Crippen molar-refractivity contribution in [2.75, 3.05) is 17.2 Å². The van der Waals surface area contributed by atoms with E-state index in [9.17, 15) is 69.9 Å². The molecule has 23 nitrogen and oxygen atoms in total. The fourth-order valence-electron chi connectivity index (χ4n) is 6.70. The van der Waals surface area contributed by atoms with Gasteiger partial charge in [-0.3, -0.25) is 47.9 Å². The van der Waals surface area contributed by atoms with Crippen LogP contribution < -0.4 is 74.5 Å². The van der Waals surface area contributed by atoms with Gasteiger partial charge in [0, 0.05) is 66.1 Å². The van der Waals surface area contributed by atoms with Gasteiger partial charge in [-0.25, -0.2) is 22.0 Å². The lowest BCUT2D eigenvalue weighted by Crippen LogP contribution is -2.15. The van der Waals surface area contributed by atoms with Crippen LogP contribution in [0.2, 0.25) is 15.1 Å². The topological polar surface area (TPSA) is 509 Å². The van der Waals surface area contributed by atoms with Crippen LogP contribution in [0.25, 0.3) is 0 Å². The van der Waals surface area contributed by atoms with Gasteiger partial charge in [0.1, 0.15) is 34.6 Å². The first kappa shape index (κ1) is 86.8. The minimum atomic E-state index is -1.10. The Bertz CT molecular complexity index is 4170. The number of hydrogen-bond donors (Lipinski definition) is 13. The van der Waals surface area contributed by atoms with E-state index in [2.05, 4.69) is 0 Å². The number of carbonyl (C=O) groups excluding carboxylic acids is 10. The molecule has 10 amide bonds. The zero-order valence-corrected chi connectivity index (χ0v) is 55.8. The minimum absolute atomic E-state index is 0.0671. The molecule has 10 rings (SSSR count). The van der Waals surface area contributed by atoms with Crippen LogP contribution in [0.15, 0.2) is 231 Å². The molecule has 0 aliphatic carbocycles. The third-order valence-corrected chi connectivity index (χ3v) is 12.7. The second-order valence-corrected chi connectivity index (χ2v) is 20.8. The van der Waals surface area contributed by atoms with Crippen molar-refractivity contribution in [3.05, 3.63) is 336 Å². The minimum Gasteiger partial charge on any atom is -0.399 e. The third-order valence-electron chi connectivity index (χ3n) is 11.9. The molecule has 26 N–H and O–H groups in total. The summed E-state index contributed by atoms with van der Waals surface area (Å²) in [6.45, 7) is 1.88. The molecule has 0 radical (unpaired) electrons. The number of primary amides is 10. The van der Waals surface area contributed by atoms with Crippen LogP contribution in [-0.2, 0) is 0 Å². The van der Waals surface area contributed by atoms with Crippen molar-refractivity contribution in [2.45, 2.75) is 6.92 Å². The maximum atomic E-state index is 12.6. The maximum absolute atomic E-state index is 12.6. The van der Waals surface area contributed by atoms with Crippen LogP contribution in [0.4, 0.5) is 39.0 Å². The average molecular weight is 1460 g/mol. The number of hydrogen-bond acceptors (Lipinski definition) is 13. The van der Waals surface area contributed by atoms with Crippen LogP contribution in [0.3, 0.4) is 0 Å². The molecule has 0 atom stereocenters. The summed E-state index contributed by atoms with van der Waals surface area (Å²) in [6.07, 6.45) is 0. The Morgan fingerprint density at radius 3 is 0.980 bits per heavy atom. The van der Waals surface area contributed by atoms with Gasteiger partial charge in [0.15, 0.2) is 0 Å². The molecule has 532 valence electrons. The van der Waals surface area contributed by atoms with E-state index in [1.165, 1.54) is 66.7 Å². The van der Waals surface area contributed by atoms with Crippen molar-refractivity contribution >= 4 is 111 Å². The number of amides is 10. The van der Waals surface area contributed by atoms with Gasteiger partial charge in [-0.2, -0.15) is 0 Å². The fourth-order valence-corrected chi connectivity index (χ4v) is 7.25. The molecule has 0 fully saturated rings. The number of benzene rings is 10. The first-order valence-electron chi connectivity index (χ1n) is 28.4. The lowest BCUT2D eigenvalue weighted by Gasteiger charge is -2.00. The van der Waals surface area contributed by atoms with Gasteiger partial charge >= 0.3 is 0 Å². The lowest BCUT2D eigenvalue weighted by atomic mass is 10.1. The van der Waals surface area contributed by atoms with E-state index in [1.807, 2.05) is 6.92 Å². The van der Waals surface area contributed by atoms with Crippen molar-refractivity contribution in [3.8, 4) is 0 Å². The molecule has 10 aromatic rings. The first-order valence-corrected chi connectivity index (χ1v) is 29.5. The number of halogens is 8. The largest absolute Gasteiger partial charge is 0.399 e.